The molecule has 0 aromatic heterocycles. The second-order valence-corrected chi connectivity index (χ2v) is 2.72. The van der Waals surface area contributed by atoms with Crippen LogP contribution in [0.1, 0.15) is 6.42 Å². The minimum Gasteiger partial charge on any atom is -0.467 e. The molecular formula is C7H12O5. The minimum atomic E-state index is -0.900. The predicted octanol–water partition coefficient (Wildman–Crippen LogP) is -1.33. The van der Waals surface area contributed by atoms with Crippen LogP contribution < -0.4 is 0 Å². The lowest BCUT2D eigenvalue weighted by Gasteiger charge is -2.28. The third-order valence-electron chi connectivity index (χ3n) is 1.83. The van der Waals surface area contributed by atoms with Crippen molar-refractivity contribution in [1.29, 1.82) is 0 Å². The fourth-order valence-electron chi connectivity index (χ4n) is 1.07. The van der Waals surface area contributed by atoms with Gasteiger partial charge < -0.3 is 19.7 Å². The molecule has 1 saturated heterocycles. The normalized spacial score (nSPS) is 36.1. The highest BCUT2D eigenvalue weighted by Gasteiger charge is 2.32. The summed E-state index contributed by atoms with van der Waals surface area (Å²) in [5, 5.41) is 18.2. The molecule has 1 fully saturated rings. The maximum absolute atomic E-state index is 10.9. The Morgan fingerprint density at radius 1 is 1.50 bits per heavy atom. The largest absolute Gasteiger partial charge is 0.467 e. The fourth-order valence-corrected chi connectivity index (χ4v) is 1.07. The van der Waals surface area contributed by atoms with Gasteiger partial charge in [-0.2, -0.15) is 0 Å². The van der Waals surface area contributed by atoms with Crippen molar-refractivity contribution in [3.63, 3.8) is 0 Å². The average molecular weight is 176 g/mol. The van der Waals surface area contributed by atoms with Crippen molar-refractivity contribution in [2.45, 2.75) is 24.7 Å². The van der Waals surface area contributed by atoms with Gasteiger partial charge >= 0.3 is 5.97 Å². The lowest BCUT2D eigenvalue weighted by Crippen LogP contribution is -2.44. The van der Waals surface area contributed by atoms with Gasteiger partial charge in [-0.15, -0.1) is 0 Å². The van der Waals surface area contributed by atoms with E-state index < -0.39 is 24.3 Å². The summed E-state index contributed by atoms with van der Waals surface area (Å²) in [5.41, 5.74) is 0. The Labute approximate surface area is 69.9 Å². The average Bonchev–Trinajstić information content (AvgIpc) is 2.08. The molecule has 1 rings (SSSR count). The van der Waals surface area contributed by atoms with Crippen LogP contribution in [-0.2, 0) is 14.3 Å². The smallest absolute Gasteiger partial charge is 0.335 e. The molecule has 2 unspecified atom stereocenters. The molecule has 1 aliphatic rings. The Hall–Kier alpha value is -0.650. The van der Waals surface area contributed by atoms with Crippen molar-refractivity contribution in [2.24, 2.45) is 0 Å². The number of carbonyl (C=O) groups is 1. The van der Waals surface area contributed by atoms with Crippen molar-refractivity contribution < 1.29 is 24.5 Å². The van der Waals surface area contributed by atoms with E-state index in [4.69, 9.17) is 14.9 Å². The number of ether oxygens (including phenoxy) is 2. The van der Waals surface area contributed by atoms with Crippen molar-refractivity contribution in [1.82, 2.24) is 0 Å². The zero-order chi connectivity index (χ0) is 9.14. The lowest BCUT2D eigenvalue weighted by molar-refractivity contribution is -0.171. The number of carbonyl (C=O) groups excluding carboxylic acids is 1. The Morgan fingerprint density at radius 2 is 2.17 bits per heavy atom. The third-order valence-corrected chi connectivity index (χ3v) is 1.83. The van der Waals surface area contributed by atoms with Crippen molar-refractivity contribution in [3.05, 3.63) is 0 Å². The van der Waals surface area contributed by atoms with E-state index in [-0.39, 0.29) is 13.0 Å². The second-order valence-electron chi connectivity index (χ2n) is 2.72. The number of hydrogen-bond acceptors (Lipinski definition) is 5. The van der Waals surface area contributed by atoms with Crippen LogP contribution in [0.5, 0.6) is 0 Å². The number of rotatable bonds is 1. The molecule has 0 radical (unpaired) electrons. The number of aliphatic hydroxyl groups excluding tert-OH is 2. The minimum absolute atomic E-state index is 0.0269. The van der Waals surface area contributed by atoms with E-state index in [0.29, 0.717) is 0 Å². The first-order valence-corrected chi connectivity index (χ1v) is 3.70. The van der Waals surface area contributed by atoms with Gasteiger partial charge in [0.1, 0.15) is 6.10 Å². The summed E-state index contributed by atoms with van der Waals surface area (Å²) in [6, 6.07) is 0. The fraction of sp³-hybridized carbons (Fsp3) is 0.857. The van der Waals surface area contributed by atoms with Crippen LogP contribution in [0.25, 0.3) is 0 Å². The molecule has 5 nitrogen and oxygen atoms in total. The van der Waals surface area contributed by atoms with E-state index in [1.54, 1.807) is 0 Å². The molecule has 1 aliphatic heterocycles. The summed E-state index contributed by atoms with van der Waals surface area (Å²) in [5.74, 6) is -0.513. The van der Waals surface area contributed by atoms with Crippen LogP contribution >= 0.6 is 0 Å². The summed E-state index contributed by atoms with van der Waals surface area (Å²) in [7, 11) is 1.25. The number of methoxy groups -OCH3 is 1. The predicted molar refractivity (Wildman–Crippen MR) is 38.4 cm³/mol. The standard InChI is InChI=1S/C7H12O5/c1-11-7(10)6-2-4(8)5(9)3-12-6/h4-6,8-9H,2-3H2,1H3/t4-,5?,6?/m0/s1. The first-order valence-electron chi connectivity index (χ1n) is 3.70. The van der Waals surface area contributed by atoms with E-state index in [1.165, 1.54) is 7.11 Å². The van der Waals surface area contributed by atoms with Gasteiger partial charge in [-0.05, 0) is 0 Å². The highest BCUT2D eigenvalue weighted by molar-refractivity contribution is 5.74. The van der Waals surface area contributed by atoms with E-state index in [0.717, 1.165) is 0 Å². The van der Waals surface area contributed by atoms with E-state index in [1.807, 2.05) is 0 Å². The third kappa shape index (κ3) is 1.94. The first-order chi connectivity index (χ1) is 5.65. The summed E-state index contributed by atoms with van der Waals surface area (Å²) in [4.78, 5) is 10.9. The molecule has 0 aromatic rings. The van der Waals surface area contributed by atoms with E-state index in [9.17, 15) is 4.79 Å². The van der Waals surface area contributed by atoms with Crippen LogP contribution in [0.2, 0.25) is 0 Å². The number of aliphatic hydroxyl groups is 2. The van der Waals surface area contributed by atoms with Crippen LogP contribution in [0.3, 0.4) is 0 Å². The molecule has 0 spiro atoms. The van der Waals surface area contributed by atoms with E-state index in [2.05, 4.69) is 4.74 Å². The van der Waals surface area contributed by atoms with Gasteiger partial charge in [0.2, 0.25) is 0 Å². The molecule has 2 N–H and O–H groups in total. The van der Waals surface area contributed by atoms with Crippen molar-refractivity contribution in [3.8, 4) is 0 Å². The van der Waals surface area contributed by atoms with Crippen LogP contribution in [0.15, 0.2) is 0 Å². The SMILES string of the molecule is COC(=O)C1C[C@H](O)C(O)CO1. The van der Waals surface area contributed by atoms with Crippen LogP contribution in [-0.4, -0.2) is 48.2 Å². The molecule has 0 aromatic carbocycles. The Balaban J connectivity index is 2.45. The molecule has 0 saturated carbocycles. The van der Waals surface area contributed by atoms with Gasteiger partial charge in [-0.1, -0.05) is 0 Å². The molecular weight excluding hydrogens is 164 g/mol. The highest BCUT2D eigenvalue weighted by Crippen LogP contribution is 2.15. The molecule has 0 amide bonds. The lowest BCUT2D eigenvalue weighted by atomic mass is 10.0. The molecule has 0 bridgehead atoms. The molecule has 12 heavy (non-hydrogen) atoms. The molecule has 0 aliphatic carbocycles. The number of esters is 1. The first kappa shape index (κ1) is 9.44. The summed E-state index contributed by atoms with van der Waals surface area (Å²) < 4.78 is 9.35. The molecule has 1 heterocycles. The van der Waals surface area contributed by atoms with Crippen molar-refractivity contribution >= 4 is 5.97 Å². The highest BCUT2D eigenvalue weighted by atomic mass is 16.6. The van der Waals surface area contributed by atoms with Crippen molar-refractivity contribution in [2.75, 3.05) is 13.7 Å². The second kappa shape index (κ2) is 3.84. The van der Waals surface area contributed by atoms with Gasteiger partial charge in [0, 0.05) is 6.42 Å². The Bertz CT molecular complexity index is 169. The van der Waals surface area contributed by atoms with Gasteiger partial charge in [-0.25, -0.2) is 4.79 Å². The topological polar surface area (TPSA) is 76.0 Å². The molecule has 3 atom stereocenters. The zero-order valence-electron chi connectivity index (χ0n) is 6.77. The summed E-state index contributed by atoms with van der Waals surface area (Å²) >= 11 is 0. The van der Waals surface area contributed by atoms with Gasteiger partial charge in [0.25, 0.3) is 0 Å². The number of hydrogen-bond donors (Lipinski definition) is 2. The maximum Gasteiger partial charge on any atom is 0.335 e. The monoisotopic (exact) mass is 176 g/mol. The maximum atomic E-state index is 10.9. The Morgan fingerprint density at radius 3 is 2.67 bits per heavy atom. The van der Waals surface area contributed by atoms with E-state index >= 15 is 0 Å². The molecule has 70 valence electrons. The Kier molecular flexibility index (Phi) is 3.02. The summed E-state index contributed by atoms with van der Waals surface area (Å²) in [6.45, 7) is -0.0269. The van der Waals surface area contributed by atoms with Gasteiger partial charge in [-0.3, -0.25) is 0 Å². The molecule has 5 heteroatoms. The van der Waals surface area contributed by atoms with Gasteiger partial charge in [0.05, 0.1) is 19.8 Å². The quantitative estimate of drug-likeness (QED) is 0.484. The van der Waals surface area contributed by atoms with Crippen LogP contribution in [0, 0.1) is 0 Å². The summed E-state index contributed by atoms with van der Waals surface area (Å²) in [6.07, 6.45) is -2.45. The zero-order valence-corrected chi connectivity index (χ0v) is 6.77. The van der Waals surface area contributed by atoms with Crippen LogP contribution in [0.4, 0.5) is 0 Å². The van der Waals surface area contributed by atoms with Gasteiger partial charge in [0.15, 0.2) is 6.10 Å².